The third-order valence-corrected chi connectivity index (χ3v) is 3.42. The van der Waals surface area contributed by atoms with Gasteiger partial charge in [0.25, 0.3) is 0 Å². The van der Waals surface area contributed by atoms with Crippen molar-refractivity contribution in [1.29, 1.82) is 0 Å². The van der Waals surface area contributed by atoms with E-state index in [9.17, 15) is 0 Å². The summed E-state index contributed by atoms with van der Waals surface area (Å²) in [7, 11) is 0. The van der Waals surface area contributed by atoms with Gasteiger partial charge in [-0.1, -0.05) is 25.9 Å². The number of rotatable bonds is 4. The van der Waals surface area contributed by atoms with Gasteiger partial charge in [0.2, 0.25) is 5.89 Å². The smallest absolute Gasteiger partial charge is 0.229 e. The molecule has 2 heterocycles. The highest BCUT2D eigenvalue weighted by molar-refractivity contribution is 5.00. The molecule has 2 rings (SSSR count). The molecule has 15 heavy (non-hydrogen) atoms. The summed E-state index contributed by atoms with van der Waals surface area (Å²) < 4.78 is 5.32. The van der Waals surface area contributed by atoms with E-state index in [2.05, 4.69) is 36.2 Å². The Balaban J connectivity index is 2.05. The molecule has 1 N–H and O–H groups in total. The zero-order valence-corrected chi connectivity index (χ0v) is 9.66. The van der Waals surface area contributed by atoms with Crippen LogP contribution in [-0.2, 0) is 0 Å². The number of nitrogens with zero attached hydrogens (tertiary/aromatic N) is 2. The van der Waals surface area contributed by atoms with Gasteiger partial charge in [-0.05, 0) is 25.4 Å². The monoisotopic (exact) mass is 209 g/mol. The van der Waals surface area contributed by atoms with Gasteiger partial charge < -0.3 is 9.84 Å². The summed E-state index contributed by atoms with van der Waals surface area (Å²) in [6.07, 6.45) is 1.05. The average molecular weight is 209 g/mol. The minimum atomic E-state index is 0.386. The SMILES string of the molecule is CCC(C)c1noc(C(C)C2CNC2)n1. The standard InChI is InChI=1S/C11H19N3O/c1-4-7(2)10-13-11(15-14-10)8(3)9-5-12-6-9/h7-9,12H,4-6H2,1-3H3. The maximum Gasteiger partial charge on any atom is 0.229 e. The number of nitrogens with one attached hydrogen (secondary N) is 1. The van der Waals surface area contributed by atoms with Crippen LogP contribution in [0, 0.1) is 5.92 Å². The Morgan fingerprint density at radius 3 is 2.73 bits per heavy atom. The summed E-state index contributed by atoms with van der Waals surface area (Å²) in [4.78, 5) is 4.48. The van der Waals surface area contributed by atoms with Crippen LogP contribution < -0.4 is 5.32 Å². The van der Waals surface area contributed by atoms with Gasteiger partial charge >= 0.3 is 0 Å². The molecule has 0 amide bonds. The average Bonchev–Trinajstić information content (AvgIpc) is 2.62. The first-order chi connectivity index (χ1) is 7.22. The van der Waals surface area contributed by atoms with Crippen molar-refractivity contribution >= 4 is 0 Å². The second-order valence-electron chi connectivity index (χ2n) is 4.51. The summed E-state index contributed by atoms with van der Waals surface area (Å²) in [5, 5.41) is 7.31. The molecule has 1 aliphatic rings. The topological polar surface area (TPSA) is 51.0 Å². The lowest BCUT2D eigenvalue weighted by Crippen LogP contribution is -2.44. The zero-order chi connectivity index (χ0) is 10.8. The van der Waals surface area contributed by atoms with Gasteiger partial charge in [-0.2, -0.15) is 4.98 Å². The molecule has 0 saturated carbocycles. The van der Waals surface area contributed by atoms with Crippen LogP contribution in [0.15, 0.2) is 4.52 Å². The van der Waals surface area contributed by atoms with Crippen LogP contribution in [0.2, 0.25) is 0 Å². The predicted molar refractivity (Wildman–Crippen MR) is 57.8 cm³/mol. The van der Waals surface area contributed by atoms with Crippen LogP contribution in [0.5, 0.6) is 0 Å². The van der Waals surface area contributed by atoms with E-state index in [0.29, 0.717) is 17.8 Å². The molecule has 4 nitrogen and oxygen atoms in total. The minimum Gasteiger partial charge on any atom is -0.339 e. The van der Waals surface area contributed by atoms with Crippen molar-refractivity contribution in [2.45, 2.75) is 39.0 Å². The summed E-state index contributed by atoms with van der Waals surface area (Å²) >= 11 is 0. The lowest BCUT2D eigenvalue weighted by Gasteiger charge is -2.30. The minimum absolute atomic E-state index is 0.386. The summed E-state index contributed by atoms with van der Waals surface area (Å²) in [5.74, 6) is 3.10. The molecule has 4 heteroatoms. The first kappa shape index (κ1) is 10.6. The highest BCUT2D eigenvalue weighted by Gasteiger charge is 2.29. The largest absolute Gasteiger partial charge is 0.339 e. The quantitative estimate of drug-likeness (QED) is 0.823. The third kappa shape index (κ3) is 2.04. The van der Waals surface area contributed by atoms with E-state index in [-0.39, 0.29) is 0 Å². The molecule has 2 atom stereocenters. The Labute approximate surface area is 90.4 Å². The van der Waals surface area contributed by atoms with E-state index in [4.69, 9.17) is 4.52 Å². The molecular weight excluding hydrogens is 190 g/mol. The molecule has 0 spiro atoms. The molecule has 0 aliphatic carbocycles. The molecule has 0 bridgehead atoms. The second kappa shape index (κ2) is 4.31. The van der Waals surface area contributed by atoms with E-state index in [1.807, 2.05) is 0 Å². The van der Waals surface area contributed by atoms with Crippen LogP contribution in [0.1, 0.15) is 50.7 Å². The fourth-order valence-electron chi connectivity index (χ4n) is 1.68. The van der Waals surface area contributed by atoms with Gasteiger partial charge in [0, 0.05) is 11.8 Å². The molecule has 0 aromatic carbocycles. The van der Waals surface area contributed by atoms with Crippen molar-refractivity contribution in [2.75, 3.05) is 13.1 Å². The predicted octanol–water partition coefficient (Wildman–Crippen LogP) is 1.91. The van der Waals surface area contributed by atoms with Crippen molar-refractivity contribution in [2.24, 2.45) is 5.92 Å². The Morgan fingerprint density at radius 1 is 1.47 bits per heavy atom. The van der Waals surface area contributed by atoms with Crippen LogP contribution in [0.25, 0.3) is 0 Å². The Hall–Kier alpha value is -0.900. The van der Waals surface area contributed by atoms with Crippen molar-refractivity contribution in [1.82, 2.24) is 15.5 Å². The fourth-order valence-corrected chi connectivity index (χ4v) is 1.68. The van der Waals surface area contributed by atoms with Crippen molar-refractivity contribution in [3.8, 4) is 0 Å². The second-order valence-corrected chi connectivity index (χ2v) is 4.51. The van der Waals surface area contributed by atoms with E-state index in [1.54, 1.807) is 0 Å². The first-order valence-electron chi connectivity index (χ1n) is 5.76. The molecule has 84 valence electrons. The molecule has 2 unspecified atom stereocenters. The molecule has 1 saturated heterocycles. The van der Waals surface area contributed by atoms with Crippen molar-refractivity contribution in [3.05, 3.63) is 11.7 Å². The first-order valence-corrected chi connectivity index (χ1v) is 5.76. The van der Waals surface area contributed by atoms with Gasteiger partial charge in [0.1, 0.15) is 0 Å². The number of hydrogen-bond donors (Lipinski definition) is 1. The number of hydrogen-bond acceptors (Lipinski definition) is 4. The van der Waals surface area contributed by atoms with E-state index >= 15 is 0 Å². The van der Waals surface area contributed by atoms with Gasteiger partial charge in [-0.3, -0.25) is 0 Å². The summed E-state index contributed by atoms with van der Waals surface area (Å²) in [6.45, 7) is 8.58. The maximum atomic E-state index is 5.32. The van der Waals surface area contributed by atoms with Crippen molar-refractivity contribution < 1.29 is 4.52 Å². The Bertz CT molecular complexity index is 319. The van der Waals surface area contributed by atoms with Gasteiger partial charge in [-0.25, -0.2) is 0 Å². The van der Waals surface area contributed by atoms with Crippen LogP contribution in [-0.4, -0.2) is 23.2 Å². The molecule has 1 aliphatic heterocycles. The fraction of sp³-hybridized carbons (Fsp3) is 0.818. The molecule has 1 fully saturated rings. The molecule has 1 aromatic rings. The van der Waals surface area contributed by atoms with Crippen LogP contribution >= 0.6 is 0 Å². The van der Waals surface area contributed by atoms with Crippen LogP contribution in [0.3, 0.4) is 0 Å². The third-order valence-electron chi connectivity index (χ3n) is 3.42. The van der Waals surface area contributed by atoms with Crippen molar-refractivity contribution in [3.63, 3.8) is 0 Å². The van der Waals surface area contributed by atoms with E-state index in [0.717, 1.165) is 31.2 Å². The van der Waals surface area contributed by atoms with E-state index in [1.165, 1.54) is 0 Å². The lowest BCUT2D eigenvalue weighted by atomic mass is 9.89. The lowest BCUT2D eigenvalue weighted by molar-refractivity contribution is 0.252. The zero-order valence-electron chi connectivity index (χ0n) is 9.66. The van der Waals surface area contributed by atoms with E-state index < -0.39 is 0 Å². The summed E-state index contributed by atoms with van der Waals surface area (Å²) in [6, 6.07) is 0. The highest BCUT2D eigenvalue weighted by atomic mass is 16.5. The highest BCUT2D eigenvalue weighted by Crippen LogP contribution is 2.27. The van der Waals surface area contributed by atoms with Gasteiger partial charge in [0.05, 0.1) is 0 Å². The van der Waals surface area contributed by atoms with Gasteiger partial charge in [0.15, 0.2) is 5.82 Å². The normalized spacial score (nSPS) is 21.0. The summed E-state index contributed by atoms with van der Waals surface area (Å²) in [5.41, 5.74) is 0. The molecular formula is C11H19N3O. The molecule has 0 radical (unpaired) electrons. The number of aromatic nitrogens is 2. The Morgan fingerprint density at radius 2 is 2.20 bits per heavy atom. The molecule has 1 aromatic heterocycles. The van der Waals surface area contributed by atoms with Gasteiger partial charge in [-0.15, -0.1) is 0 Å². The van der Waals surface area contributed by atoms with Crippen LogP contribution in [0.4, 0.5) is 0 Å². The maximum absolute atomic E-state index is 5.32. The Kier molecular flexibility index (Phi) is 3.05.